The van der Waals surface area contributed by atoms with Gasteiger partial charge in [0.25, 0.3) is 0 Å². The molecule has 1 saturated heterocycles. The fraction of sp³-hybridized carbons (Fsp3) is 1.00. The van der Waals surface area contributed by atoms with Crippen molar-refractivity contribution in [2.75, 3.05) is 12.3 Å². The fourth-order valence-corrected chi connectivity index (χ4v) is 4.32. The van der Waals surface area contributed by atoms with Crippen LogP contribution in [0.5, 0.6) is 0 Å². The highest BCUT2D eigenvalue weighted by molar-refractivity contribution is 7.99. The quantitative estimate of drug-likeness (QED) is 0.806. The molecule has 16 heavy (non-hydrogen) atoms. The third kappa shape index (κ3) is 3.40. The van der Waals surface area contributed by atoms with Gasteiger partial charge in [0.15, 0.2) is 0 Å². The Morgan fingerprint density at radius 2 is 1.94 bits per heavy atom. The molecule has 2 aliphatic rings. The van der Waals surface area contributed by atoms with E-state index in [0.717, 1.165) is 11.3 Å². The van der Waals surface area contributed by atoms with Crippen molar-refractivity contribution >= 4 is 11.8 Å². The van der Waals surface area contributed by atoms with Gasteiger partial charge in [-0.25, -0.2) is 0 Å². The van der Waals surface area contributed by atoms with Crippen LogP contribution in [0, 0.1) is 5.41 Å². The SMILES string of the molecule is CC1SCCCC1NCC1(C)CCCCC1. The predicted octanol–water partition coefficient (Wildman–Crippen LogP) is 3.83. The van der Waals surface area contributed by atoms with Gasteiger partial charge < -0.3 is 5.32 Å². The summed E-state index contributed by atoms with van der Waals surface area (Å²) in [7, 11) is 0. The highest BCUT2D eigenvalue weighted by Gasteiger charge is 2.29. The molecule has 1 aliphatic carbocycles. The van der Waals surface area contributed by atoms with E-state index in [-0.39, 0.29) is 0 Å². The van der Waals surface area contributed by atoms with Crippen molar-refractivity contribution in [1.29, 1.82) is 0 Å². The molecular formula is C14H27NS. The number of nitrogens with one attached hydrogen (secondary N) is 1. The summed E-state index contributed by atoms with van der Waals surface area (Å²) in [6.07, 6.45) is 10.0. The molecule has 0 aromatic carbocycles. The molecule has 2 fully saturated rings. The maximum atomic E-state index is 3.86. The largest absolute Gasteiger partial charge is 0.312 e. The number of rotatable bonds is 3. The van der Waals surface area contributed by atoms with Gasteiger partial charge >= 0.3 is 0 Å². The van der Waals surface area contributed by atoms with Crippen molar-refractivity contribution in [3.63, 3.8) is 0 Å². The van der Waals surface area contributed by atoms with Crippen LogP contribution in [0.3, 0.4) is 0 Å². The van der Waals surface area contributed by atoms with Crippen molar-refractivity contribution in [3.05, 3.63) is 0 Å². The Morgan fingerprint density at radius 1 is 1.19 bits per heavy atom. The Labute approximate surface area is 105 Å². The molecular weight excluding hydrogens is 214 g/mol. The minimum Gasteiger partial charge on any atom is -0.312 e. The van der Waals surface area contributed by atoms with Crippen LogP contribution in [0.25, 0.3) is 0 Å². The lowest BCUT2D eigenvalue weighted by atomic mass is 9.75. The third-order valence-corrected chi connectivity index (χ3v) is 5.84. The molecule has 2 heteroatoms. The fourth-order valence-electron chi connectivity index (χ4n) is 3.15. The van der Waals surface area contributed by atoms with E-state index in [1.54, 1.807) is 0 Å². The second-order valence-electron chi connectivity index (χ2n) is 6.08. The van der Waals surface area contributed by atoms with Gasteiger partial charge in [0.2, 0.25) is 0 Å². The van der Waals surface area contributed by atoms with Gasteiger partial charge in [-0.2, -0.15) is 11.8 Å². The van der Waals surface area contributed by atoms with Crippen molar-refractivity contribution in [2.45, 2.75) is 70.1 Å². The average molecular weight is 241 g/mol. The molecule has 1 nitrogen and oxygen atoms in total. The lowest BCUT2D eigenvalue weighted by molar-refractivity contribution is 0.198. The highest BCUT2D eigenvalue weighted by Crippen LogP contribution is 2.35. The van der Waals surface area contributed by atoms with Crippen LogP contribution >= 0.6 is 11.8 Å². The van der Waals surface area contributed by atoms with Gasteiger partial charge in [-0.15, -0.1) is 0 Å². The maximum absolute atomic E-state index is 3.86. The second kappa shape index (κ2) is 5.77. The first-order valence-electron chi connectivity index (χ1n) is 7.05. The first-order valence-corrected chi connectivity index (χ1v) is 8.09. The number of hydrogen-bond acceptors (Lipinski definition) is 2. The van der Waals surface area contributed by atoms with Gasteiger partial charge in [-0.05, 0) is 36.9 Å². The van der Waals surface area contributed by atoms with Gasteiger partial charge in [0.05, 0.1) is 0 Å². The van der Waals surface area contributed by atoms with Crippen molar-refractivity contribution in [3.8, 4) is 0 Å². The lowest BCUT2D eigenvalue weighted by Crippen LogP contribution is -2.44. The van der Waals surface area contributed by atoms with Crippen LogP contribution in [-0.2, 0) is 0 Å². The molecule has 2 atom stereocenters. The molecule has 1 N–H and O–H groups in total. The molecule has 2 unspecified atom stereocenters. The molecule has 0 spiro atoms. The summed E-state index contributed by atoms with van der Waals surface area (Å²) in [5.41, 5.74) is 0.597. The van der Waals surface area contributed by atoms with Gasteiger partial charge in [0, 0.05) is 17.8 Å². The summed E-state index contributed by atoms with van der Waals surface area (Å²) in [6, 6.07) is 0.775. The molecule has 1 aliphatic heterocycles. The topological polar surface area (TPSA) is 12.0 Å². The zero-order chi connectivity index (χ0) is 11.4. The van der Waals surface area contributed by atoms with E-state index in [9.17, 15) is 0 Å². The number of hydrogen-bond donors (Lipinski definition) is 1. The molecule has 0 amide bonds. The normalized spacial score (nSPS) is 34.9. The Kier molecular flexibility index (Phi) is 4.60. The minimum atomic E-state index is 0.597. The molecule has 0 radical (unpaired) electrons. The minimum absolute atomic E-state index is 0.597. The van der Waals surface area contributed by atoms with Crippen LogP contribution < -0.4 is 5.32 Å². The van der Waals surface area contributed by atoms with Gasteiger partial charge in [0.1, 0.15) is 0 Å². The standard InChI is InChI=1S/C14H27NS/c1-12-13(7-6-10-16-12)15-11-14(2)8-4-3-5-9-14/h12-13,15H,3-11H2,1-2H3. The third-order valence-electron chi connectivity index (χ3n) is 4.46. The zero-order valence-electron chi connectivity index (χ0n) is 10.9. The summed E-state index contributed by atoms with van der Waals surface area (Å²) in [6.45, 7) is 6.13. The second-order valence-corrected chi connectivity index (χ2v) is 7.56. The molecule has 0 aromatic heterocycles. The maximum Gasteiger partial charge on any atom is 0.0184 e. The van der Waals surface area contributed by atoms with Crippen molar-refractivity contribution in [2.24, 2.45) is 5.41 Å². The molecule has 94 valence electrons. The Hall–Kier alpha value is 0.310. The van der Waals surface area contributed by atoms with Crippen LogP contribution in [-0.4, -0.2) is 23.6 Å². The summed E-state index contributed by atoms with van der Waals surface area (Å²) < 4.78 is 0. The van der Waals surface area contributed by atoms with Crippen molar-refractivity contribution < 1.29 is 0 Å². The average Bonchev–Trinajstić information content (AvgIpc) is 2.29. The Bertz CT molecular complexity index is 211. The van der Waals surface area contributed by atoms with Crippen LogP contribution in [0.1, 0.15) is 58.8 Å². The predicted molar refractivity (Wildman–Crippen MR) is 74.1 cm³/mol. The van der Waals surface area contributed by atoms with Gasteiger partial charge in [-0.3, -0.25) is 0 Å². The number of thioether (sulfide) groups is 1. The summed E-state index contributed by atoms with van der Waals surface area (Å²) in [5.74, 6) is 1.37. The van der Waals surface area contributed by atoms with E-state index >= 15 is 0 Å². The van der Waals surface area contributed by atoms with E-state index in [4.69, 9.17) is 0 Å². The van der Waals surface area contributed by atoms with Crippen LogP contribution in [0.4, 0.5) is 0 Å². The molecule has 1 saturated carbocycles. The molecule has 0 aromatic rings. The van der Waals surface area contributed by atoms with Gasteiger partial charge in [-0.1, -0.05) is 33.1 Å². The van der Waals surface area contributed by atoms with Crippen LogP contribution in [0.2, 0.25) is 0 Å². The van der Waals surface area contributed by atoms with E-state index in [0.29, 0.717) is 5.41 Å². The van der Waals surface area contributed by atoms with E-state index in [2.05, 4.69) is 30.9 Å². The Balaban J connectivity index is 1.76. The zero-order valence-corrected chi connectivity index (χ0v) is 11.7. The van der Waals surface area contributed by atoms with E-state index in [1.807, 2.05) is 0 Å². The van der Waals surface area contributed by atoms with E-state index in [1.165, 1.54) is 57.2 Å². The van der Waals surface area contributed by atoms with Crippen molar-refractivity contribution in [1.82, 2.24) is 5.32 Å². The summed E-state index contributed by atoms with van der Waals surface area (Å²) in [5, 5.41) is 4.68. The lowest BCUT2D eigenvalue weighted by Gasteiger charge is -2.37. The smallest absolute Gasteiger partial charge is 0.0184 e. The Morgan fingerprint density at radius 3 is 2.62 bits per heavy atom. The summed E-state index contributed by atoms with van der Waals surface area (Å²) in [4.78, 5) is 0. The first-order chi connectivity index (χ1) is 7.70. The summed E-state index contributed by atoms with van der Waals surface area (Å²) >= 11 is 2.15. The van der Waals surface area contributed by atoms with Crippen LogP contribution in [0.15, 0.2) is 0 Å². The highest BCUT2D eigenvalue weighted by atomic mass is 32.2. The first kappa shape index (κ1) is 12.8. The monoisotopic (exact) mass is 241 g/mol. The molecule has 1 heterocycles. The molecule has 0 bridgehead atoms. The van der Waals surface area contributed by atoms with E-state index < -0.39 is 0 Å². The molecule has 2 rings (SSSR count).